The van der Waals surface area contributed by atoms with Crippen LogP contribution in [0, 0.1) is 51.8 Å². The lowest BCUT2D eigenvalue weighted by Crippen LogP contribution is -2.67. The summed E-state index contributed by atoms with van der Waals surface area (Å²) in [6.07, 6.45) is 12.1. The minimum absolute atomic E-state index is 0.0151. The van der Waals surface area contributed by atoms with Crippen molar-refractivity contribution < 1.29 is 15.3 Å². The largest absolute Gasteiger partial charge is 0.393 e. The predicted octanol–water partition coefficient (Wildman–Crippen LogP) is 6.31. The van der Waals surface area contributed by atoms with E-state index >= 15 is 0 Å². The average Bonchev–Trinajstić information content (AvgIpc) is 2.92. The SMILES string of the molecule is C[C@H](CC[CH]C(C)(C)O)[C@H]1CC[C@@]2(C)[C@@H]3C(O)C=C4C(CCCC4(C)C)[C@]3(C)C(O)C[C@]12C. The molecule has 4 aliphatic carbocycles. The molecule has 1 radical (unpaired) electrons. The second-order valence-electron chi connectivity index (χ2n) is 14.4. The summed E-state index contributed by atoms with van der Waals surface area (Å²) in [6.45, 7) is 17.9. The zero-order valence-electron chi connectivity index (χ0n) is 22.6. The van der Waals surface area contributed by atoms with Crippen LogP contribution in [0.2, 0.25) is 0 Å². The van der Waals surface area contributed by atoms with E-state index in [0.717, 1.165) is 32.1 Å². The summed E-state index contributed by atoms with van der Waals surface area (Å²) in [4.78, 5) is 0. The molecule has 0 saturated heterocycles. The highest BCUT2D eigenvalue weighted by Gasteiger charge is 2.71. The summed E-state index contributed by atoms with van der Waals surface area (Å²) in [6, 6.07) is 0. The van der Waals surface area contributed by atoms with E-state index in [1.807, 2.05) is 20.3 Å². The minimum atomic E-state index is -0.722. The van der Waals surface area contributed by atoms with E-state index in [0.29, 0.717) is 17.8 Å². The van der Waals surface area contributed by atoms with Gasteiger partial charge in [-0.05, 0) is 92.8 Å². The van der Waals surface area contributed by atoms with Gasteiger partial charge >= 0.3 is 0 Å². The van der Waals surface area contributed by atoms with Crippen LogP contribution in [-0.4, -0.2) is 33.1 Å². The molecule has 4 aliphatic rings. The van der Waals surface area contributed by atoms with E-state index in [1.165, 1.54) is 24.8 Å². The van der Waals surface area contributed by atoms with Crippen LogP contribution in [0.15, 0.2) is 11.6 Å². The molecule has 33 heavy (non-hydrogen) atoms. The molecular formula is C30H51O3. The Kier molecular flexibility index (Phi) is 6.28. The smallest absolute Gasteiger partial charge is 0.0763 e. The average molecular weight is 460 g/mol. The second kappa shape index (κ2) is 8.07. The van der Waals surface area contributed by atoms with E-state index in [4.69, 9.17) is 0 Å². The molecule has 0 aromatic rings. The monoisotopic (exact) mass is 459 g/mol. The molecular weight excluding hydrogens is 408 g/mol. The predicted molar refractivity (Wildman–Crippen MR) is 135 cm³/mol. The second-order valence-corrected chi connectivity index (χ2v) is 14.4. The van der Waals surface area contributed by atoms with Crippen molar-refractivity contribution in [1.82, 2.24) is 0 Å². The quantitative estimate of drug-likeness (QED) is 0.422. The van der Waals surface area contributed by atoms with Gasteiger partial charge in [-0.25, -0.2) is 0 Å². The van der Waals surface area contributed by atoms with Crippen molar-refractivity contribution in [1.29, 1.82) is 0 Å². The lowest BCUT2D eigenvalue weighted by atomic mass is 9.38. The van der Waals surface area contributed by atoms with Gasteiger partial charge in [0.25, 0.3) is 0 Å². The Labute approximate surface area is 203 Å². The van der Waals surface area contributed by atoms with E-state index < -0.39 is 11.7 Å². The third-order valence-corrected chi connectivity index (χ3v) is 11.6. The first-order valence-electron chi connectivity index (χ1n) is 13.7. The number of allylic oxidation sites excluding steroid dienone is 1. The molecule has 3 N–H and O–H groups in total. The molecule has 3 nitrogen and oxygen atoms in total. The maximum atomic E-state index is 11.9. The highest BCUT2D eigenvalue weighted by molar-refractivity contribution is 5.32. The first kappa shape index (κ1) is 25.7. The zero-order chi connectivity index (χ0) is 24.6. The van der Waals surface area contributed by atoms with Gasteiger partial charge in [-0.15, -0.1) is 0 Å². The van der Waals surface area contributed by atoms with Gasteiger partial charge in [-0.2, -0.15) is 0 Å². The standard InChI is InChI=1S/C30H51O3/c1-19(11-9-15-27(4,5)33)20-13-16-28(6)25-23(31)17-22-21(12-10-14-26(22,2)3)30(25,8)24(32)18-29(20,28)7/h15,17,19-21,23-25,31-33H,9-14,16,18H2,1-8H3/t19-,20-,21?,23?,24?,25+,28+,29-,30-/m1/s1. The van der Waals surface area contributed by atoms with Crippen LogP contribution in [0.5, 0.6) is 0 Å². The molecule has 3 fully saturated rings. The van der Waals surface area contributed by atoms with E-state index in [2.05, 4.69) is 47.6 Å². The van der Waals surface area contributed by atoms with Crippen molar-refractivity contribution in [3.63, 3.8) is 0 Å². The fraction of sp³-hybridized carbons (Fsp3) is 0.900. The Morgan fingerprint density at radius 1 is 1.06 bits per heavy atom. The first-order chi connectivity index (χ1) is 15.1. The molecule has 0 bridgehead atoms. The van der Waals surface area contributed by atoms with Gasteiger partial charge < -0.3 is 15.3 Å². The fourth-order valence-electron chi connectivity index (χ4n) is 9.69. The number of fused-ring (bicyclic) bond motifs is 5. The number of hydrogen-bond donors (Lipinski definition) is 3. The van der Waals surface area contributed by atoms with Crippen LogP contribution in [0.25, 0.3) is 0 Å². The lowest BCUT2D eigenvalue weighted by Gasteiger charge is -2.68. The molecule has 9 atom stereocenters. The molecule has 0 aromatic heterocycles. The molecule has 3 heteroatoms. The Morgan fingerprint density at radius 2 is 1.73 bits per heavy atom. The topological polar surface area (TPSA) is 60.7 Å². The van der Waals surface area contributed by atoms with Gasteiger partial charge in [-0.1, -0.05) is 66.0 Å². The van der Waals surface area contributed by atoms with Crippen LogP contribution in [-0.2, 0) is 0 Å². The summed E-state index contributed by atoms with van der Waals surface area (Å²) >= 11 is 0. The third-order valence-electron chi connectivity index (χ3n) is 11.6. The van der Waals surface area contributed by atoms with Gasteiger partial charge in [0.15, 0.2) is 0 Å². The Bertz CT molecular complexity index is 778. The van der Waals surface area contributed by atoms with E-state index in [1.54, 1.807) is 0 Å². The van der Waals surface area contributed by atoms with Crippen molar-refractivity contribution in [2.75, 3.05) is 0 Å². The van der Waals surface area contributed by atoms with Crippen molar-refractivity contribution in [2.45, 2.75) is 125 Å². The molecule has 189 valence electrons. The normalized spacial score (nSPS) is 47.8. The fourth-order valence-corrected chi connectivity index (χ4v) is 9.69. The van der Waals surface area contributed by atoms with Gasteiger partial charge in [0.2, 0.25) is 0 Å². The van der Waals surface area contributed by atoms with Gasteiger partial charge in [0.05, 0.1) is 17.8 Å². The van der Waals surface area contributed by atoms with Gasteiger partial charge in [0.1, 0.15) is 0 Å². The maximum absolute atomic E-state index is 11.9. The summed E-state index contributed by atoms with van der Waals surface area (Å²) < 4.78 is 0. The van der Waals surface area contributed by atoms with Crippen molar-refractivity contribution in [2.24, 2.45) is 45.3 Å². The molecule has 4 rings (SSSR count). The first-order valence-corrected chi connectivity index (χ1v) is 13.7. The summed E-state index contributed by atoms with van der Waals surface area (Å²) in [7, 11) is 0. The van der Waals surface area contributed by atoms with Crippen LogP contribution < -0.4 is 0 Å². The molecule has 0 aromatic carbocycles. The minimum Gasteiger partial charge on any atom is -0.393 e. The highest BCUT2D eigenvalue weighted by Crippen LogP contribution is 2.74. The molecule has 0 heterocycles. The Balaban J connectivity index is 1.67. The van der Waals surface area contributed by atoms with E-state index in [9.17, 15) is 15.3 Å². The number of aliphatic hydroxyl groups is 3. The van der Waals surface area contributed by atoms with Gasteiger partial charge in [0, 0.05) is 11.3 Å². The van der Waals surface area contributed by atoms with Crippen molar-refractivity contribution in [3.05, 3.63) is 18.1 Å². The maximum Gasteiger partial charge on any atom is 0.0763 e. The van der Waals surface area contributed by atoms with Crippen LogP contribution >= 0.6 is 0 Å². The third kappa shape index (κ3) is 3.78. The Morgan fingerprint density at radius 3 is 2.36 bits per heavy atom. The van der Waals surface area contributed by atoms with E-state index in [-0.39, 0.29) is 33.7 Å². The molecule has 3 unspecified atom stereocenters. The summed E-state index contributed by atoms with van der Waals surface area (Å²) in [5.74, 6) is 1.55. The molecule has 0 amide bonds. The Hall–Kier alpha value is -0.380. The number of hydrogen-bond acceptors (Lipinski definition) is 3. The molecule has 0 aliphatic heterocycles. The number of rotatable bonds is 5. The molecule has 3 saturated carbocycles. The van der Waals surface area contributed by atoms with Crippen LogP contribution in [0.1, 0.15) is 107 Å². The number of aliphatic hydroxyl groups excluding tert-OH is 2. The van der Waals surface area contributed by atoms with Crippen molar-refractivity contribution >= 4 is 0 Å². The summed E-state index contributed by atoms with van der Waals surface area (Å²) in [5.41, 5.74) is 0.576. The summed E-state index contributed by atoms with van der Waals surface area (Å²) in [5, 5.41) is 33.7. The van der Waals surface area contributed by atoms with Crippen molar-refractivity contribution in [3.8, 4) is 0 Å². The van der Waals surface area contributed by atoms with Crippen LogP contribution in [0.4, 0.5) is 0 Å². The van der Waals surface area contributed by atoms with Crippen LogP contribution in [0.3, 0.4) is 0 Å². The lowest BCUT2D eigenvalue weighted by molar-refractivity contribution is -0.224. The molecule has 0 spiro atoms. The highest BCUT2D eigenvalue weighted by atomic mass is 16.3. The van der Waals surface area contributed by atoms with Gasteiger partial charge in [-0.3, -0.25) is 0 Å². The zero-order valence-corrected chi connectivity index (χ0v) is 22.6.